The maximum atomic E-state index is 3.55. The van der Waals surface area contributed by atoms with E-state index in [1.165, 1.54) is 29.4 Å². The molecule has 3 heteroatoms. The van der Waals surface area contributed by atoms with Gasteiger partial charge in [0, 0.05) is 23.6 Å². The Balaban J connectivity index is 1.93. The molecule has 1 aliphatic carbocycles. The quantitative estimate of drug-likeness (QED) is 0.875. The van der Waals surface area contributed by atoms with Crippen molar-refractivity contribution in [2.45, 2.75) is 39.3 Å². The predicted molar refractivity (Wildman–Crippen MR) is 89.8 cm³/mol. The van der Waals surface area contributed by atoms with E-state index in [2.05, 4.69) is 78.4 Å². The lowest BCUT2D eigenvalue weighted by Crippen LogP contribution is -2.43. The molecular weight excluding hydrogens is 312 g/mol. The molecule has 112 valence electrons. The molecule has 0 radical (unpaired) electrons. The molecule has 0 aliphatic heterocycles. The summed E-state index contributed by atoms with van der Waals surface area (Å²) in [5.74, 6) is 0.757. The monoisotopic (exact) mass is 338 g/mol. The number of nitrogens with zero attached hydrogens (tertiary/aromatic N) is 1. The lowest BCUT2D eigenvalue weighted by Gasteiger charge is -2.32. The molecule has 2 unspecified atom stereocenters. The molecule has 2 atom stereocenters. The fraction of sp³-hybridized carbons (Fsp3) is 0.647. The highest BCUT2D eigenvalue weighted by Gasteiger charge is 2.40. The number of hydrogen-bond donors (Lipinski definition) is 1. The van der Waals surface area contributed by atoms with Gasteiger partial charge in [-0.3, -0.25) is 0 Å². The summed E-state index contributed by atoms with van der Waals surface area (Å²) in [6.45, 7) is 6.97. The van der Waals surface area contributed by atoms with Crippen LogP contribution in [0.4, 0.5) is 0 Å². The third-order valence-corrected chi connectivity index (χ3v) is 5.16. The molecule has 20 heavy (non-hydrogen) atoms. The summed E-state index contributed by atoms with van der Waals surface area (Å²) in [5, 5.41) is 3.55. The predicted octanol–water partition coefficient (Wildman–Crippen LogP) is 3.91. The average Bonchev–Trinajstić information content (AvgIpc) is 2.63. The Morgan fingerprint density at radius 3 is 2.80 bits per heavy atom. The Morgan fingerprint density at radius 2 is 2.15 bits per heavy atom. The molecule has 2 nitrogen and oxygen atoms in total. The first-order valence-electron chi connectivity index (χ1n) is 7.52. The van der Waals surface area contributed by atoms with E-state index in [-0.39, 0.29) is 0 Å². The van der Waals surface area contributed by atoms with E-state index in [0.717, 1.165) is 12.5 Å². The maximum absolute atomic E-state index is 3.55. The second-order valence-electron chi connectivity index (χ2n) is 6.88. The summed E-state index contributed by atoms with van der Waals surface area (Å²) in [6.07, 6.45) is 2.66. The summed E-state index contributed by atoms with van der Waals surface area (Å²) < 4.78 is 1.17. The summed E-state index contributed by atoms with van der Waals surface area (Å²) >= 11 is 3.55. The molecule has 0 aromatic heterocycles. The van der Waals surface area contributed by atoms with E-state index >= 15 is 0 Å². The Morgan fingerprint density at radius 1 is 1.40 bits per heavy atom. The molecule has 1 aliphatic rings. The van der Waals surface area contributed by atoms with Crippen LogP contribution in [0.5, 0.6) is 0 Å². The molecule has 1 N–H and O–H groups in total. The Hall–Kier alpha value is -0.380. The van der Waals surface area contributed by atoms with Crippen LogP contribution in [0, 0.1) is 11.3 Å². The van der Waals surface area contributed by atoms with Crippen molar-refractivity contribution in [3.63, 3.8) is 0 Å². The van der Waals surface area contributed by atoms with Gasteiger partial charge in [-0.25, -0.2) is 0 Å². The van der Waals surface area contributed by atoms with Crippen LogP contribution in [0.2, 0.25) is 0 Å². The van der Waals surface area contributed by atoms with Crippen molar-refractivity contribution >= 4 is 15.9 Å². The fourth-order valence-electron chi connectivity index (χ4n) is 3.75. The van der Waals surface area contributed by atoms with Crippen LogP contribution < -0.4 is 5.32 Å². The summed E-state index contributed by atoms with van der Waals surface area (Å²) in [6, 6.07) is 9.25. The van der Waals surface area contributed by atoms with Crippen molar-refractivity contribution < 1.29 is 0 Å². The molecule has 0 amide bonds. The Labute approximate surface area is 132 Å². The van der Waals surface area contributed by atoms with Crippen LogP contribution in [-0.4, -0.2) is 31.6 Å². The van der Waals surface area contributed by atoms with Crippen molar-refractivity contribution in [2.75, 3.05) is 20.6 Å². The van der Waals surface area contributed by atoms with E-state index in [1.54, 1.807) is 0 Å². The normalized spacial score (nSPS) is 25.3. The molecule has 0 heterocycles. The minimum Gasteiger partial charge on any atom is -0.316 e. The molecule has 2 rings (SSSR count). The van der Waals surface area contributed by atoms with Crippen LogP contribution >= 0.6 is 15.9 Å². The molecule has 0 spiro atoms. The largest absolute Gasteiger partial charge is 0.316 e. The molecule has 1 aromatic rings. The standard InChI is InChI=1S/C17H27BrN2/c1-17(2)9-8-14(16(17)19-3)12-20(4)11-13-6-5-7-15(18)10-13/h5-7,10,14,16,19H,8-9,11-12H2,1-4H3. The van der Waals surface area contributed by atoms with Gasteiger partial charge in [0.05, 0.1) is 0 Å². The van der Waals surface area contributed by atoms with Crippen LogP contribution in [0.3, 0.4) is 0 Å². The van der Waals surface area contributed by atoms with E-state index in [1.807, 2.05) is 0 Å². The van der Waals surface area contributed by atoms with Gasteiger partial charge in [0.15, 0.2) is 0 Å². The van der Waals surface area contributed by atoms with Crippen molar-refractivity contribution in [3.05, 3.63) is 34.3 Å². The highest BCUT2D eigenvalue weighted by molar-refractivity contribution is 9.10. The first kappa shape index (κ1) is 16.0. The van der Waals surface area contributed by atoms with Gasteiger partial charge in [0.25, 0.3) is 0 Å². The van der Waals surface area contributed by atoms with Gasteiger partial charge in [-0.05, 0) is 56.0 Å². The first-order valence-corrected chi connectivity index (χ1v) is 8.32. The second kappa shape index (κ2) is 6.59. The minimum absolute atomic E-state index is 0.427. The number of nitrogens with one attached hydrogen (secondary N) is 1. The highest BCUT2D eigenvalue weighted by Crippen LogP contribution is 2.41. The summed E-state index contributed by atoms with van der Waals surface area (Å²) in [5.41, 5.74) is 1.80. The molecule has 1 saturated carbocycles. The second-order valence-corrected chi connectivity index (χ2v) is 7.80. The smallest absolute Gasteiger partial charge is 0.0231 e. The van der Waals surface area contributed by atoms with Crippen molar-refractivity contribution in [2.24, 2.45) is 11.3 Å². The van der Waals surface area contributed by atoms with E-state index in [9.17, 15) is 0 Å². The molecule has 1 fully saturated rings. The third-order valence-electron chi connectivity index (χ3n) is 4.67. The topological polar surface area (TPSA) is 15.3 Å². The van der Waals surface area contributed by atoms with Crippen molar-refractivity contribution in [1.29, 1.82) is 0 Å². The molecule has 0 saturated heterocycles. The van der Waals surface area contributed by atoms with Crippen LogP contribution in [0.1, 0.15) is 32.3 Å². The minimum atomic E-state index is 0.427. The van der Waals surface area contributed by atoms with Crippen LogP contribution in [0.15, 0.2) is 28.7 Å². The van der Waals surface area contributed by atoms with Gasteiger partial charge in [0.1, 0.15) is 0 Å². The molecular formula is C17H27BrN2. The third kappa shape index (κ3) is 3.84. The number of rotatable bonds is 5. The van der Waals surface area contributed by atoms with E-state index in [0.29, 0.717) is 11.5 Å². The molecule has 1 aromatic carbocycles. The van der Waals surface area contributed by atoms with Crippen molar-refractivity contribution in [3.8, 4) is 0 Å². The van der Waals surface area contributed by atoms with Crippen LogP contribution in [-0.2, 0) is 6.54 Å². The van der Waals surface area contributed by atoms with Gasteiger partial charge in [0.2, 0.25) is 0 Å². The van der Waals surface area contributed by atoms with Gasteiger partial charge < -0.3 is 10.2 Å². The van der Waals surface area contributed by atoms with E-state index < -0.39 is 0 Å². The lowest BCUT2D eigenvalue weighted by atomic mass is 9.85. The first-order chi connectivity index (χ1) is 9.42. The molecule has 0 bridgehead atoms. The lowest BCUT2D eigenvalue weighted by molar-refractivity contribution is 0.207. The zero-order valence-electron chi connectivity index (χ0n) is 13.1. The fourth-order valence-corrected chi connectivity index (χ4v) is 4.20. The Kier molecular flexibility index (Phi) is 5.27. The van der Waals surface area contributed by atoms with Gasteiger partial charge in [-0.1, -0.05) is 41.9 Å². The summed E-state index contributed by atoms with van der Waals surface area (Å²) in [4.78, 5) is 2.46. The zero-order chi connectivity index (χ0) is 14.8. The maximum Gasteiger partial charge on any atom is 0.0231 e. The zero-order valence-corrected chi connectivity index (χ0v) is 14.7. The number of hydrogen-bond acceptors (Lipinski definition) is 2. The Bertz CT molecular complexity index is 444. The number of halogens is 1. The summed E-state index contributed by atoms with van der Waals surface area (Å²) in [7, 11) is 4.35. The van der Waals surface area contributed by atoms with E-state index in [4.69, 9.17) is 0 Å². The SMILES string of the molecule is CNC1C(CN(C)Cc2cccc(Br)c2)CCC1(C)C. The highest BCUT2D eigenvalue weighted by atomic mass is 79.9. The van der Waals surface area contributed by atoms with Gasteiger partial charge in [-0.2, -0.15) is 0 Å². The van der Waals surface area contributed by atoms with Crippen molar-refractivity contribution in [1.82, 2.24) is 10.2 Å². The van der Waals surface area contributed by atoms with Gasteiger partial charge >= 0.3 is 0 Å². The van der Waals surface area contributed by atoms with Gasteiger partial charge in [-0.15, -0.1) is 0 Å². The number of benzene rings is 1. The van der Waals surface area contributed by atoms with Crippen LogP contribution in [0.25, 0.3) is 0 Å². The average molecular weight is 339 g/mol.